The maximum atomic E-state index is 5.71. The van der Waals surface area contributed by atoms with Crippen molar-refractivity contribution in [2.45, 2.75) is 51.5 Å². The van der Waals surface area contributed by atoms with Gasteiger partial charge in [-0.3, -0.25) is 0 Å². The van der Waals surface area contributed by atoms with Gasteiger partial charge < -0.3 is 10.1 Å². The minimum absolute atomic E-state index is 0.323. The van der Waals surface area contributed by atoms with Crippen LogP contribution in [-0.4, -0.2) is 18.7 Å². The van der Waals surface area contributed by atoms with Gasteiger partial charge in [-0.1, -0.05) is 26.0 Å². The molecule has 1 aliphatic heterocycles. The molecule has 0 bridgehead atoms. The summed E-state index contributed by atoms with van der Waals surface area (Å²) in [6.07, 6.45) is 5.98. The van der Waals surface area contributed by atoms with Gasteiger partial charge >= 0.3 is 0 Å². The zero-order valence-corrected chi connectivity index (χ0v) is 11.7. The summed E-state index contributed by atoms with van der Waals surface area (Å²) in [5.41, 5.74) is 1.71. The van der Waals surface area contributed by atoms with Crippen molar-refractivity contribution >= 4 is 0 Å². The summed E-state index contributed by atoms with van der Waals surface area (Å²) >= 11 is 0. The summed E-state index contributed by atoms with van der Waals surface area (Å²) in [6, 6.07) is 8.59. The first kappa shape index (κ1) is 13.4. The maximum Gasteiger partial charge on any atom is 0.119 e. The predicted octanol–water partition coefficient (Wildman–Crippen LogP) is 3.55. The zero-order valence-electron chi connectivity index (χ0n) is 11.7. The van der Waals surface area contributed by atoms with Gasteiger partial charge in [0.2, 0.25) is 0 Å². The smallest absolute Gasteiger partial charge is 0.119 e. The number of benzene rings is 1. The number of nitrogens with one attached hydrogen (secondary N) is 1. The Kier molecular flexibility index (Phi) is 4.65. The van der Waals surface area contributed by atoms with Crippen LogP contribution < -0.4 is 10.1 Å². The number of rotatable bonds is 6. The molecule has 0 saturated carbocycles. The molecule has 1 unspecified atom stereocenters. The van der Waals surface area contributed by atoms with Gasteiger partial charge in [0.25, 0.3) is 0 Å². The zero-order chi connectivity index (χ0) is 12.8. The monoisotopic (exact) mass is 247 g/mol. The molecule has 1 heterocycles. The largest absolute Gasteiger partial charge is 0.494 e. The molecule has 2 nitrogen and oxygen atoms in total. The van der Waals surface area contributed by atoms with Crippen LogP contribution in [0, 0.1) is 0 Å². The minimum Gasteiger partial charge on any atom is -0.494 e. The van der Waals surface area contributed by atoms with Crippen molar-refractivity contribution in [1.82, 2.24) is 5.32 Å². The summed E-state index contributed by atoms with van der Waals surface area (Å²) in [7, 11) is 0. The topological polar surface area (TPSA) is 21.3 Å². The summed E-state index contributed by atoms with van der Waals surface area (Å²) in [6.45, 7) is 6.40. The Morgan fingerprint density at radius 3 is 2.89 bits per heavy atom. The minimum atomic E-state index is 0.323. The molecule has 0 aromatic heterocycles. The third-order valence-corrected chi connectivity index (χ3v) is 3.92. The molecule has 1 N–H and O–H groups in total. The highest BCUT2D eigenvalue weighted by atomic mass is 16.5. The molecule has 1 fully saturated rings. The van der Waals surface area contributed by atoms with E-state index in [2.05, 4.69) is 43.4 Å². The van der Waals surface area contributed by atoms with Crippen LogP contribution in [0.5, 0.6) is 5.75 Å². The SMILES string of the molecule is CCCOc1cccc(CC2(CC)CCCN2)c1. The molecule has 0 amide bonds. The average Bonchev–Trinajstić information content (AvgIpc) is 2.86. The standard InChI is InChI=1S/C16H25NO/c1-3-11-18-15-8-5-7-14(12-15)13-16(4-2)9-6-10-17-16/h5,7-8,12,17H,3-4,6,9-11,13H2,1-2H3. The quantitative estimate of drug-likeness (QED) is 0.830. The third kappa shape index (κ3) is 3.26. The van der Waals surface area contributed by atoms with Gasteiger partial charge in [-0.2, -0.15) is 0 Å². The maximum absolute atomic E-state index is 5.71. The molecule has 0 radical (unpaired) electrons. The lowest BCUT2D eigenvalue weighted by Gasteiger charge is -2.28. The average molecular weight is 247 g/mol. The molecule has 1 aromatic carbocycles. The van der Waals surface area contributed by atoms with Crippen LogP contribution in [-0.2, 0) is 6.42 Å². The summed E-state index contributed by atoms with van der Waals surface area (Å²) in [5, 5.41) is 3.69. The van der Waals surface area contributed by atoms with Crippen molar-refractivity contribution in [3.05, 3.63) is 29.8 Å². The molecular formula is C16H25NO. The van der Waals surface area contributed by atoms with Crippen LogP contribution in [0.15, 0.2) is 24.3 Å². The first-order valence-corrected chi connectivity index (χ1v) is 7.25. The fourth-order valence-electron chi connectivity index (χ4n) is 2.80. The molecule has 1 saturated heterocycles. The van der Waals surface area contributed by atoms with Crippen molar-refractivity contribution in [2.75, 3.05) is 13.2 Å². The van der Waals surface area contributed by atoms with E-state index in [4.69, 9.17) is 4.74 Å². The Bertz CT molecular complexity index is 369. The molecular weight excluding hydrogens is 222 g/mol. The lowest BCUT2D eigenvalue weighted by Crippen LogP contribution is -2.41. The van der Waals surface area contributed by atoms with Crippen LogP contribution in [0.3, 0.4) is 0 Å². The van der Waals surface area contributed by atoms with E-state index < -0.39 is 0 Å². The predicted molar refractivity (Wildman–Crippen MR) is 76.2 cm³/mol. The Morgan fingerprint density at radius 1 is 1.33 bits per heavy atom. The molecule has 100 valence electrons. The lowest BCUT2D eigenvalue weighted by molar-refractivity contribution is 0.316. The molecule has 18 heavy (non-hydrogen) atoms. The van der Waals surface area contributed by atoms with Gasteiger partial charge in [0.1, 0.15) is 5.75 Å². The summed E-state index contributed by atoms with van der Waals surface area (Å²) in [5.74, 6) is 1.01. The molecule has 1 aromatic rings. The van der Waals surface area contributed by atoms with Gasteiger partial charge in [-0.05, 0) is 56.3 Å². The third-order valence-electron chi connectivity index (χ3n) is 3.92. The van der Waals surface area contributed by atoms with E-state index >= 15 is 0 Å². The van der Waals surface area contributed by atoms with Crippen LogP contribution in [0.4, 0.5) is 0 Å². The lowest BCUT2D eigenvalue weighted by atomic mass is 9.87. The van der Waals surface area contributed by atoms with Crippen molar-refractivity contribution in [1.29, 1.82) is 0 Å². The Balaban J connectivity index is 2.04. The van der Waals surface area contributed by atoms with Crippen molar-refractivity contribution in [3.63, 3.8) is 0 Å². The van der Waals surface area contributed by atoms with Crippen LogP contribution >= 0.6 is 0 Å². The molecule has 2 heteroatoms. The second kappa shape index (κ2) is 6.24. The highest BCUT2D eigenvalue weighted by Crippen LogP contribution is 2.28. The number of hydrogen-bond donors (Lipinski definition) is 1. The number of hydrogen-bond acceptors (Lipinski definition) is 2. The summed E-state index contributed by atoms with van der Waals surface area (Å²) in [4.78, 5) is 0. The van der Waals surface area contributed by atoms with E-state index in [0.717, 1.165) is 25.2 Å². The van der Waals surface area contributed by atoms with Crippen molar-refractivity contribution < 1.29 is 4.74 Å². The van der Waals surface area contributed by atoms with E-state index in [1.807, 2.05) is 0 Å². The Labute approximate surface area is 111 Å². The fourth-order valence-corrected chi connectivity index (χ4v) is 2.80. The normalized spacial score (nSPS) is 23.2. The van der Waals surface area contributed by atoms with E-state index in [9.17, 15) is 0 Å². The van der Waals surface area contributed by atoms with Crippen molar-refractivity contribution in [3.8, 4) is 5.75 Å². The highest BCUT2D eigenvalue weighted by Gasteiger charge is 2.31. The Morgan fingerprint density at radius 2 is 2.22 bits per heavy atom. The molecule has 1 atom stereocenters. The highest BCUT2D eigenvalue weighted by molar-refractivity contribution is 5.30. The fraction of sp³-hybridized carbons (Fsp3) is 0.625. The van der Waals surface area contributed by atoms with Crippen LogP contribution in [0.2, 0.25) is 0 Å². The van der Waals surface area contributed by atoms with E-state index in [-0.39, 0.29) is 0 Å². The first-order valence-electron chi connectivity index (χ1n) is 7.25. The number of ether oxygens (including phenoxy) is 1. The molecule has 0 aliphatic carbocycles. The summed E-state index contributed by atoms with van der Waals surface area (Å²) < 4.78 is 5.71. The van der Waals surface area contributed by atoms with Crippen molar-refractivity contribution in [2.24, 2.45) is 0 Å². The van der Waals surface area contributed by atoms with Crippen LogP contribution in [0.25, 0.3) is 0 Å². The second-order valence-electron chi connectivity index (χ2n) is 5.34. The van der Waals surface area contributed by atoms with Gasteiger partial charge in [-0.15, -0.1) is 0 Å². The van der Waals surface area contributed by atoms with Gasteiger partial charge in [0, 0.05) is 5.54 Å². The van der Waals surface area contributed by atoms with E-state index in [0.29, 0.717) is 5.54 Å². The first-order chi connectivity index (χ1) is 8.78. The van der Waals surface area contributed by atoms with Crippen LogP contribution in [0.1, 0.15) is 45.1 Å². The van der Waals surface area contributed by atoms with Gasteiger partial charge in [-0.25, -0.2) is 0 Å². The molecule has 2 rings (SSSR count). The molecule has 0 spiro atoms. The molecule has 1 aliphatic rings. The van der Waals surface area contributed by atoms with E-state index in [1.54, 1.807) is 0 Å². The van der Waals surface area contributed by atoms with Gasteiger partial charge in [0.15, 0.2) is 0 Å². The van der Waals surface area contributed by atoms with E-state index in [1.165, 1.54) is 31.4 Å². The second-order valence-corrected chi connectivity index (χ2v) is 5.34. The van der Waals surface area contributed by atoms with Gasteiger partial charge in [0.05, 0.1) is 6.61 Å². The Hall–Kier alpha value is -1.02.